The van der Waals surface area contributed by atoms with Crippen molar-refractivity contribution in [3.8, 4) is 6.07 Å². The van der Waals surface area contributed by atoms with E-state index in [1.165, 1.54) is 4.88 Å². The van der Waals surface area contributed by atoms with Crippen molar-refractivity contribution < 1.29 is 4.79 Å². The lowest BCUT2D eigenvalue weighted by molar-refractivity contribution is 0.102. The molecule has 1 amide bonds. The Kier molecular flexibility index (Phi) is 3.76. The zero-order chi connectivity index (χ0) is 14.8. The Bertz CT molecular complexity index is 712. The number of carbonyl (C=O) groups excluding carboxylic acids is 1. The zero-order valence-corrected chi connectivity index (χ0v) is 12.7. The fourth-order valence-electron chi connectivity index (χ4n) is 2.72. The number of fused-ring (bicyclic) bond motifs is 1. The van der Waals surface area contributed by atoms with Crippen molar-refractivity contribution in [2.75, 3.05) is 5.32 Å². The lowest BCUT2D eigenvalue weighted by Gasteiger charge is -2.17. The van der Waals surface area contributed by atoms with Gasteiger partial charge >= 0.3 is 0 Å². The molecule has 1 aliphatic rings. The van der Waals surface area contributed by atoms with Gasteiger partial charge in [-0.15, -0.1) is 11.3 Å². The van der Waals surface area contributed by atoms with Crippen molar-refractivity contribution in [1.29, 1.82) is 5.26 Å². The molecule has 1 N–H and O–H groups in total. The maximum atomic E-state index is 12.2. The van der Waals surface area contributed by atoms with Crippen LogP contribution < -0.4 is 5.32 Å². The highest BCUT2D eigenvalue weighted by Gasteiger charge is 2.24. The number of nitrogens with zero attached hydrogens (tertiary/aromatic N) is 1. The maximum absolute atomic E-state index is 12.2. The van der Waals surface area contributed by atoms with Gasteiger partial charge in [0.1, 0.15) is 11.1 Å². The number of carbonyl (C=O) groups is 1. The summed E-state index contributed by atoms with van der Waals surface area (Å²) in [6.45, 7) is 2.23. The van der Waals surface area contributed by atoms with Gasteiger partial charge in [-0.25, -0.2) is 0 Å². The Morgan fingerprint density at radius 1 is 1.38 bits per heavy atom. The van der Waals surface area contributed by atoms with Crippen molar-refractivity contribution in [3.63, 3.8) is 0 Å². The number of benzene rings is 1. The lowest BCUT2D eigenvalue weighted by atomic mass is 9.88. The van der Waals surface area contributed by atoms with E-state index in [0.717, 1.165) is 24.8 Å². The van der Waals surface area contributed by atoms with Gasteiger partial charge in [0, 0.05) is 10.4 Å². The highest BCUT2D eigenvalue weighted by molar-refractivity contribution is 7.16. The molecule has 21 heavy (non-hydrogen) atoms. The average Bonchev–Trinajstić information content (AvgIpc) is 2.84. The van der Waals surface area contributed by atoms with E-state index in [2.05, 4.69) is 18.3 Å². The minimum absolute atomic E-state index is 0.154. The van der Waals surface area contributed by atoms with Crippen LogP contribution in [-0.4, -0.2) is 5.91 Å². The number of nitrogens with one attached hydrogen (secondary N) is 1. The number of anilines is 1. The number of nitriles is 1. The van der Waals surface area contributed by atoms with Gasteiger partial charge in [-0.1, -0.05) is 25.1 Å². The maximum Gasteiger partial charge on any atom is 0.256 e. The Morgan fingerprint density at radius 2 is 2.14 bits per heavy atom. The van der Waals surface area contributed by atoms with E-state index >= 15 is 0 Å². The van der Waals surface area contributed by atoms with Gasteiger partial charge in [-0.05, 0) is 42.9 Å². The molecular weight excluding hydrogens is 280 g/mol. The molecule has 0 saturated heterocycles. The van der Waals surface area contributed by atoms with E-state index in [4.69, 9.17) is 0 Å². The van der Waals surface area contributed by atoms with Crippen LogP contribution in [0, 0.1) is 17.2 Å². The van der Waals surface area contributed by atoms with Crippen molar-refractivity contribution in [3.05, 3.63) is 51.9 Å². The molecule has 0 aliphatic heterocycles. The lowest BCUT2D eigenvalue weighted by Crippen LogP contribution is -2.12. The molecule has 106 valence electrons. The van der Waals surface area contributed by atoms with Crippen LogP contribution in [-0.2, 0) is 12.8 Å². The van der Waals surface area contributed by atoms with Crippen LogP contribution in [0.5, 0.6) is 0 Å². The summed E-state index contributed by atoms with van der Waals surface area (Å²) in [5.74, 6) is 0.499. The van der Waals surface area contributed by atoms with Gasteiger partial charge in [0.2, 0.25) is 0 Å². The molecule has 0 fully saturated rings. The molecule has 1 aliphatic carbocycles. The number of rotatable bonds is 2. The molecule has 0 saturated carbocycles. The Labute approximate surface area is 128 Å². The quantitative estimate of drug-likeness (QED) is 0.910. The van der Waals surface area contributed by atoms with Gasteiger partial charge in [-0.2, -0.15) is 5.26 Å². The first-order valence-corrected chi connectivity index (χ1v) is 7.91. The largest absolute Gasteiger partial charge is 0.312 e. The van der Waals surface area contributed by atoms with Gasteiger partial charge in [0.15, 0.2) is 0 Å². The molecule has 1 atom stereocenters. The number of hydrogen-bond donors (Lipinski definition) is 1. The summed E-state index contributed by atoms with van der Waals surface area (Å²) >= 11 is 1.56. The van der Waals surface area contributed by atoms with Crippen molar-refractivity contribution in [2.24, 2.45) is 5.92 Å². The molecule has 3 nitrogen and oxygen atoms in total. The monoisotopic (exact) mass is 296 g/mol. The van der Waals surface area contributed by atoms with Gasteiger partial charge in [0.05, 0.1) is 5.56 Å². The first kappa shape index (κ1) is 13.8. The molecule has 3 rings (SSSR count). The third kappa shape index (κ3) is 2.70. The Morgan fingerprint density at radius 3 is 2.86 bits per heavy atom. The third-order valence-electron chi connectivity index (χ3n) is 3.89. The molecule has 0 radical (unpaired) electrons. The standard InChI is InChI=1S/C17H16N2OS/c1-11-7-8-13-14(10-18)17(21-15(13)9-11)19-16(20)12-5-3-2-4-6-12/h2-6,11H,7-9H2,1H3,(H,19,20). The van der Waals surface area contributed by atoms with Crippen LogP contribution in [0.1, 0.15) is 39.7 Å². The van der Waals surface area contributed by atoms with Crippen molar-refractivity contribution >= 4 is 22.2 Å². The van der Waals surface area contributed by atoms with Crippen LogP contribution in [0.15, 0.2) is 30.3 Å². The van der Waals surface area contributed by atoms with Crippen LogP contribution in [0.25, 0.3) is 0 Å². The van der Waals surface area contributed by atoms with E-state index in [1.807, 2.05) is 18.2 Å². The number of thiophene rings is 1. The summed E-state index contributed by atoms with van der Waals surface area (Å²) in [5, 5.41) is 13.0. The summed E-state index contributed by atoms with van der Waals surface area (Å²) < 4.78 is 0. The highest BCUT2D eigenvalue weighted by atomic mass is 32.1. The van der Waals surface area contributed by atoms with E-state index < -0.39 is 0 Å². The van der Waals surface area contributed by atoms with Gasteiger partial charge in [-0.3, -0.25) is 4.79 Å². The van der Waals surface area contributed by atoms with Crippen LogP contribution in [0.3, 0.4) is 0 Å². The second kappa shape index (κ2) is 5.71. The van der Waals surface area contributed by atoms with Crippen molar-refractivity contribution in [2.45, 2.75) is 26.2 Å². The summed E-state index contributed by atoms with van der Waals surface area (Å²) in [6.07, 6.45) is 3.07. The third-order valence-corrected chi connectivity index (χ3v) is 5.06. The molecule has 2 aromatic rings. The zero-order valence-electron chi connectivity index (χ0n) is 11.8. The minimum atomic E-state index is -0.154. The van der Waals surface area contributed by atoms with E-state index in [1.54, 1.807) is 23.5 Å². The topological polar surface area (TPSA) is 52.9 Å². The summed E-state index contributed by atoms with van der Waals surface area (Å²) in [4.78, 5) is 13.5. The summed E-state index contributed by atoms with van der Waals surface area (Å²) in [7, 11) is 0. The summed E-state index contributed by atoms with van der Waals surface area (Å²) in [5.41, 5.74) is 2.41. The van der Waals surface area contributed by atoms with Gasteiger partial charge < -0.3 is 5.32 Å². The molecule has 1 unspecified atom stereocenters. The molecule has 1 aromatic heterocycles. The molecule has 0 bridgehead atoms. The fraction of sp³-hybridized carbons (Fsp3) is 0.294. The average molecular weight is 296 g/mol. The summed E-state index contributed by atoms with van der Waals surface area (Å²) in [6, 6.07) is 11.4. The predicted molar refractivity (Wildman–Crippen MR) is 84.6 cm³/mol. The highest BCUT2D eigenvalue weighted by Crippen LogP contribution is 2.39. The Hall–Kier alpha value is -2.12. The molecule has 0 spiro atoms. The molecule has 1 heterocycles. The van der Waals surface area contributed by atoms with E-state index in [0.29, 0.717) is 22.0 Å². The first-order chi connectivity index (χ1) is 10.2. The smallest absolute Gasteiger partial charge is 0.256 e. The first-order valence-electron chi connectivity index (χ1n) is 7.10. The Balaban J connectivity index is 1.90. The molecule has 1 aromatic carbocycles. The molecule has 4 heteroatoms. The molecular formula is C17H16N2OS. The van der Waals surface area contributed by atoms with Crippen LogP contribution in [0.4, 0.5) is 5.00 Å². The SMILES string of the molecule is CC1CCc2c(sc(NC(=O)c3ccccc3)c2C#N)C1. The second-order valence-corrected chi connectivity index (χ2v) is 6.59. The number of hydrogen-bond acceptors (Lipinski definition) is 3. The fourth-order valence-corrected chi connectivity index (χ4v) is 4.08. The van der Waals surface area contributed by atoms with Crippen LogP contribution >= 0.6 is 11.3 Å². The second-order valence-electron chi connectivity index (χ2n) is 5.49. The number of amides is 1. The normalized spacial score (nSPS) is 16.9. The van der Waals surface area contributed by atoms with Crippen LogP contribution in [0.2, 0.25) is 0 Å². The van der Waals surface area contributed by atoms with E-state index in [-0.39, 0.29) is 5.91 Å². The van der Waals surface area contributed by atoms with Crippen molar-refractivity contribution in [1.82, 2.24) is 0 Å². The minimum Gasteiger partial charge on any atom is -0.312 e. The van der Waals surface area contributed by atoms with E-state index in [9.17, 15) is 10.1 Å². The van der Waals surface area contributed by atoms with Gasteiger partial charge in [0.25, 0.3) is 5.91 Å². The predicted octanol–water partition coefficient (Wildman–Crippen LogP) is 4.00.